The van der Waals surface area contributed by atoms with E-state index in [0.29, 0.717) is 0 Å². The summed E-state index contributed by atoms with van der Waals surface area (Å²) in [6, 6.07) is -2.11. The van der Waals surface area contributed by atoms with Crippen LogP contribution in [0.4, 0.5) is 0 Å². The Morgan fingerprint density at radius 2 is 1.03 bits per heavy atom. The quantitative estimate of drug-likeness (QED) is 0.0945. The van der Waals surface area contributed by atoms with E-state index in [9.17, 15) is 33.6 Å². The van der Waals surface area contributed by atoms with Gasteiger partial charge in [0.2, 0.25) is 35.4 Å². The van der Waals surface area contributed by atoms with Gasteiger partial charge in [0.15, 0.2) is 0 Å². The molecule has 2 atom stereocenters. The lowest BCUT2D eigenvalue weighted by atomic mass is 10.3. The fourth-order valence-electron chi connectivity index (χ4n) is 1.95. The van der Waals surface area contributed by atoms with Gasteiger partial charge < -0.3 is 42.7 Å². The molecule has 186 valence electrons. The van der Waals surface area contributed by atoms with Crippen LogP contribution in [0.2, 0.25) is 0 Å². The molecular formula is C16H27N7O8S2. The summed E-state index contributed by atoms with van der Waals surface area (Å²) in [5.41, 5.74) is 5.14. The minimum absolute atomic E-state index is 0.0288. The van der Waals surface area contributed by atoms with Crippen LogP contribution in [0, 0.1) is 0 Å². The van der Waals surface area contributed by atoms with Crippen molar-refractivity contribution in [2.45, 2.75) is 12.1 Å². The van der Waals surface area contributed by atoms with Gasteiger partial charge in [-0.15, -0.1) is 0 Å². The van der Waals surface area contributed by atoms with Crippen LogP contribution < -0.4 is 37.6 Å². The maximum absolute atomic E-state index is 11.9. The van der Waals surface area contributed by atoms with Crippen LogP contribution in [0.5, 0.6) is 0 Å². The van der Waals surface area contributed by atoms with Crippen molar-refractivity contribution < 1.29 is 38.7 Å². The predicted molar refractivity (Wildman–Crippen MR) is 120 cm³/mol. The molecule has 0 aliphatic carbocycles. The highest BCUT2D eigenvalue weighted by Crippen LogP contribution is 1.90. The number of hydrogen-bond acceptors (Lipinski definition) is 10. The highest BCUT2D eigenvalue weighted by molar-refractivity contribution is 7.80. The number of carbonyl (C=O) groups excluding carboxylic acids is 6. The molecule has 0 aliphatic heterocycles. The summed E-state index contributed by atoms with van der Waals surface area (Å²) in [5.74, 6) is -5.60. The fourth-order valence-corrected chi connectivity index (χ4v) is 2.46. The van der Waals surface area contributed by atoms with E-state index in [-0.39, 0.29) is 18.1 Å². The molecule has 6 amide bonds. The lowest BCUT2D eigenvalue weighted by Gasteiger charge is -2.16. The van der Waals surface area contributed by atoms with E-state index in [1.54, 1.807) is 0 Å². The zero-order valence-corrected chi connectivity index (χ0v) is 19.2. The zero-order valence-electron chi connectivity index (χ0n) is 17.4. The molecule has 0 saturated heterocycles. The Labute approximate surface area is 199 Å². The summed E-state index contributed by atoms with van der Waals surface area (Å²) in [7, 11) is 0. The van der Waals surface area contributed by atoms with Crippen LogP contribution in [-0.2, 0) is 33.6 Å². The lowest BCUT2D eigenvalue weighted by molar-refractivity contribution is -0.138. The maximum Gasteiger partial charge on any atom is 0.322 e. The van der Waals surface area contributed by atoms with E-state index in [2.05, 4.69) is 57.2 Å². The molecule has 0 fully saturated rings. The number of hydrogen-bond donors (Lipinski definition) is 10. The van der Waals surface area contributed by atoms with Gasteiger partial charge in [0, 0.05) is 11.5 Å². The summed E-state index contributed by atoms with van der Waals surface area (Å²) >= 11 is 7.82. The fraction of sp³-hybridized carbons (Fsp3) is 0.562. The third-order valence-electron chi connectivity index (χ3n) is 3.58. The molecule has 15 nitrogen and oxygen atoms in total. The largest absolute Gasteiger partial charge is 0.480 e. The Balaban J connectivity index is 4.26. The third-order valence-corrected chi connectivity index (χ3v) is 4.31. The van der Waals surface area contributed by atoms with Crippen LogP contribution in [0.25, 0.3) is 0 Å². The first-order chi connectivity index (χ1) is 15.5. The van der Waals surface area contributed by atoms with E-state index in [1.165, 1.54) is 0 Å². The second-order valence-corrected chi connectivity index (χ2v) is 6.92. The van der Waals surface area contributed by atoms with Crippen LogP contribution in [-0.4, -0.2) is 103 Å². The molecule has 0 aromatic rings. The van der Waals surface area contributed by atoms with Crippen molar-refractivity contribution in [1.29, 1.82) is 0 Å². The van der Waals surface area contributed by atoms with Gasteiger partial charge in [-0.2, -0.15) is 25.3 Å². The molecule has 0 radical (unpaired) electrons. The Bertz CT molecular complexity index is 752. The molecule has 17 heteroatoms. The number of aliphatic carboxylic acids is 1. The van der Waals surface area contributed by atoms with Crippen LogP contribution in [0.15, 0.2) is 0 Å². The van der Waals surface area contributed by atoms with Crippen molar-refractivity contribution in [1.82, 2.24) is 31.9 Å². The number of thiol groups is 2. The maximum atomic E-state index is 11.9. The first-order valence-electron chi connectivity index (χ1n) is 9.35. The Morgan fingerprint density at radius 1 is 0.636 bits per heavy atom. The monoisotopic (exact) mass is 509 g/mol. The van der Waals surface area contributed by atoms with Crippen LogP contribution in [0.3, 0.4) is 0 Å². The first kappa shape index (κ1) is 29.9. The Morgan fingerprint density at radius 3 is 1.45 bits per heavy atom. The van der Waals surface area contributed by atoms with Gasteiger partial charge in [-0.05, 0) is 0 Å². The minimum Gasteiger partial charge on any atom is -0.480 e. The van der Waals surface area contributed by atoms with Crippen molar-refractivity contribution in [2.75, 3.05) is 44.2 Å². The highest BCUT2D eigenvalue weighted by Gasteiger charge is 2.21. The second kappa shape index (κ2) is 16.6. The smallest absolute Gasteiger partial charge is 0.322 e. The minimum atomic E-state index is -1.26. The molecule has 0 bridgehead atoms. The number of carboxylic acid groups (broad SMARTS) is 1. The van der Waals surface area contributed by atoms with Gasteiger partial charge in [-0.3, -0.25) is 33.6 Å². The van der Waals surface area contributed by atoms with Gasteiger partial charge in [-0.1, -0.05) is 0 Å². The summed E-state index contributed by atoms with van der Waals surface area (Å²) < 4.78 is 0. The van der Waals surface area contributed by atoms with E-state index in [0.717, 1.165) is 0 Å². The highest BCUT2D eigenvalue weighted by atomic mass is 32.1. The van der Waals surface area contributed by atoms with Gasteiger partial charge in [0.1, 0.15) is 18.6 Å². The van der Waals surface area contributed by atoms with E-state index >= 15 is 0 Å². The molecule has 0 aromatic heterocycles. The lowest BCUT2D eigenvalue weighted by Crippen LogP contribution is -2.52. The number of nitrogens with two attached hydrogens (primary N) is 1. The Kier molecular flexibility index (Phi) is 15.0. The van der Waals surface area contributed by atoms with E-state index < -0.39 is 79.7 Å². The average molecular weight is 510 g/mol. The van der Waals surface area contributed by atoms with Gasteiger partial charge in [0.25, 0.3) is 0 Å². The summed E-state index contributed by atoms with van der Waals surface area (Å²) in [4.78, 5) is 80.6. The Hall–Kier alpha value is -3.05. The zero-order chi connectivity index (χ0) is 25.4. The summed E-state index contributed by atoms with van der Waals surface area (Å²) in [5, 5.41) is 21.9. The number of carbonyl (C=O) groups is 7. The van der Waals surface area contributed by atoms with E-state index in [4.69, 9.17) is 10.8 Å². The van der Waals surface area contributed by atoms with E-state index in [1.807, 2.05) is 0 Å². The van der Waals surface area contributed by atoms with Gasteiger partial charge >= 0.3 is 5.97 Å². The number of amides is 6. The summed E-state index contributed by atoms with van der Waals surface area (Å²) in [6.45, 7) is -2.46. The summed E-state index contributed by atoms with van der Waals surface area (Å²) in [6.07, 6.45) is 0. The van der Waals surface area contributed by atoms with Gasteiger partial charge in [-0.25, -0.2) is 0 Å². The molecule has 9 N–H and O–H groups in total. The normalized spacial score (nSPS) is 11.8. The van der Waals surface area contributed by atoms with Crippen LogP contribution >= 0.6 is 25.3 Å². The third kappa shape index (κ3) is 13.9. The molecule has 0 spiro atoms. The predicted octanol–water partition coefficient (Wildman–Crippen LogP) is -5.68. The van der Waals surface area contributed by atoms with Crippen molar-refractivity contribution in [3.05, 3.63) is 0 Å². The average Bonchev–Trinajstić information content (AvgIpc) is 2.79. The molecule has 33 heavy (non-hydrogen) atoms. The van der Waals surface area contributed by atoms with Crippen molar-refractivity contribution in [3.8, 4) is 0 Å². The molecular weight excluding hydrogens is 482 g/mol. The SMILES string of the molecule is NCC(=O)N[C@@H](CS)C(=O)NCC(=O)NCC(=O)NCC(=O)N[C@@H](CS)C(=O)NCC(=O)O. The van der Waals surface area contributed by atoms with Crippen molar-refractivity contribution in [2.24, 2.45) is 5.73 Å². The standard InChI is InChI=1S/C16H27N7O8S2/c17-1-10(24)22-8(6-32)15(30)20-3-12(26)18-2-11(25)19-4-13(27)23-9(7-33)16(31)21-5-14(28)29/h8-9,32-33H,1-7,17H2,(H,18,26)(H,19,25)(H,20,30)(H,21,31)(H,22,24)(H,23,27)(H,28,29)/t8-,9-/m0/s1. The number of rotatable bonds is 15. The molecule has 0 aromatic carbocycles. The molecule has 0 unspecified atom stereocenters. The molecule has 0 heterocycles. The van der Waals surface area contributed by atoms with Crippen molar-refractivity contribution in [3.63, 3.8) is 0 Å². The van der Waals surface area contributed by atoms with Crippen LogP contribution in [0.1, 0.15) is 0 Å². The van der Waals surface area contributed by atoms with Gasteiger partial charge in [0.05, 0.1) is 26.2 Å². The first-order valence-corrected chi connectivity index (χ1v) is 10.6. The topological polar surface area (TPSA) is 238 Å². The van der Waals surface area contributed by atoms with Crippen molar-refractivity contribution >= 4 is 66.7 Å². The number of carboxylic acids is 1. The number of nitrogens with one attached hydrogen (secondary N) is 6. The second-order valence-electron chi connectivity index (χ2n) is 6.19. The molecule has 0 aliphatic rings. The molecule has 0 saturated carbocycles. The molecule has 0 rings (SSSR count).